The first kappa shape index (κ1) is 15.9. The summed E-state index contributed by atoms with van der Waals surface area (Å²) in [5.74, 6) is 0.956. The van der Waals surface area contributed by atoms with Gasteiger partial charge >= 0.3 is 0 Å². The molecule has 2 aromatic rings. The van der Waals surface area contributed by atoms with Crippen LogP contribution in [0.1, 0.15) is 36.3 Å². The Balaban J connectivity index is 1.50. The van der Waals surface area contributed by atoms with Crippen molar-refractivity contribution in [2.24, 2.45) is 5.92 Å². The minimum absolute atomic E-state index is 0.149. The highest BCUT2D eigenvalue weighted by atomic mass is 16.5. The first-order valence-electron chi connectivity index (χ1n) is 8.76. The SMILES string of the molecule is Cc1cc(CC(=O)Nc2ccc3c(c2)N(C(=O)C2CC2)CCC3)no1. The van der Waals surface area contributed by atoms with Gasteiger partial charge in [0.1, 0.15) is 5.76 Å². The second-order valence-electron chi connectivity index (χ2n) is 6.87. The van der Waals surface area contributed by atoms with Crippen LogP contribution in [0.5, 0.6) is 0 Å². The van der Waals surface area contributed by atoms with E-state index in [0.29, 0.717) is 17.1 Å². The van der Waals surface area contributed by atoms with E-state index >= 15 is 0 Å². The van der Waals surface area contributed by atoms with Crippen LogP contribution in [0.25, 0.3) is 0 Å². The zero-order chi connectivity index (χ0) is 17.4. The van der Waals surface area contributed by atoms with Crippen molar-refractivity contribution in [2.75, 3.05) is 16.8 Å². The summed E-state index contributed by atoms with van der Waals surface area (Å²) in [7, 11) is 0. The molecule has 0 radical (unpaired) electrons. The number of nitrogens with one attached hydrogen (secondary N) is 1. The summed E-state index contributed by atoms with van der Waals surface area (Å²) in [6, 6.07) is 7.58. The molecule has 130 valence electrons. The minimum atomic E-state index is -0.149. The number of aromatic nitrogens is 1. The van der Waals surface area contributed by atoms with E-state index in [1.165, 1.54) is 5.56 Å². The van der Waals surface area contributed by atoms with Crippen molar-refractivity contribution in [3.63, 3.8) is 0 Å². The molecule has 1 aliphatic heterocycles. The highest BCUT2D eigenvalue weighted by Crippen LogP contribution is 2.36. The number of benzene rings is 1. The highest BCUT2D eigenvalue weighted by Gasteiger charge is 2.35. The molecular formula is C19H21N3O3. The maximum atomic E-state index is 12.5. The number of aryl methyl sites for hydroxylation is 2. The number of carbonyl (C=O) groups excluding carboxylic acids is 2. The summed E-state index contributed by atoms with van der Waals surface area (Å²) in [6.07, 6.45) is 4.12. The topological polar surface area (TPSA) is 75.4 Å². The zero-order valence-corrected chi connectivity index (χ0v) is 14.2. The van der Waals surface area contributed by atoms with Crippen molar-refractivity contribution in [3.8, 4) is 0 Å². The second kappa shape index (κ2) is 6.35. The van der Waals surface area contributed by atoms with Crippen LogP contribution in [0, 0.1) is 12.8 Å². The lowest BCUT2D eigenvalue weighted by atomic mass is 10.0. The van der Waals surface area contributed by atoms with Gasteiger partial charge in [-0.3, -0.25) is 9.59 Å². The van der Waals surface area contributed by atoms with E-state index in [-0.39, 0.29) is 24.2 Å². The van der Waals surface area contributed by atoms with Gasteiger partial charge in [-0.25, -0.2) is 0 Å². The molecule has 1 aliphatic carbocycles. The third kappa shape index (κ3) is 3.43. The number of fused-ring (bicyclic) bond motifs is 1. The van der Waals surface area contributed by atoms with Crippen molar-refractivity contribution in [3.05, 3.63) is 41.3 Å². The molecule has 0 spiro atoms. The summed E-state index contributed by atoms with van der Waals surface area (Å²) in [4.78, 5) is 26.6. The van der Waals surface area contributed by atoms with Crippen LogP contribution < -0.4 is 10.2 Å². The quantitative estimate of drug-likeness (QED) is 0.929. The largest absolute Gasteiger partial charge is 0.361 e. The molecule has 1 aromatic carbocycles. The first-order valence-corrected chi connectivity index (χ1v) is 8.76. The smallest absolute Gasteiger partial charge is 0.230 e. The minimum Gasteiger partial charge on any atom is -0.361 e. The Morgan fingerprint density at radius 2 is 2.16 bits per heavy atom. The number of amides is 2. The monoisotopic (exact) mass is 339 g/mol. The summed E-state index contributed by atoms with van der Waals surface area (Å²) < 4.78 is 4.98. The Labute approximate surface area is 146 Å². The van der Waals surface area contributed by atoms with Gasteiger partial charge in [0.2, 0.25) is 11.8 Å². The number of hydrogen-bond acceptors (Lipinski definition) is 4. The average Bonchev–Trinajstić information content (AvgIpc) is 3.37. The average molecular weight is 339 g/mol. The van der Waals surface area contributed by atoms with Gasteiger partial charge in [0.15, 0.2) is 0 Å². The van der Waals surface area contributed by atoms with E-state index in [1.807, 2.05) is 23.1 Å². The number of hydrogen-bond donors (Lipinski definition) is 1. The lowest BCUT2D eigenvalue weighted by Crippen LogP contribution is -2.36. The van der Waals surface area contributed by atoms with E-state index < -0.39 is 0 Å². The maximum Gasteiger partial charge on any atom is 0.230 e. The Hall–Kier alpha value is -2.63. The number of anilines is 2. The van der Waals surface area contributed by atoms with Gasteiger partial charge in [0.25, 0.3) is 0 Å². The third-order valence-corrected chi connectivity index (χ3v) is 4.70. The van der Waals surface area contributed by atoms with Crippen LogP contribution in [0.4, 0.5) is 11.4 Å². The summed E-state index contributed by atoms with van der Waals surface area (Å²) in [6.45, 7) is 2.56. The molecule has 2 aliphatic rings. The Morgan fingerprint density at radius 1 is 1.32 bits per heavy atom. The second-order valence-corrected chi connectivity index (χ2v) is 6.87. The van der Waals surface area contributed by atoms with Crippen LogP contribution in [0.2, 0.25) is 0 Å². The van der Waals surface area contributed by atoms with Crippen LogP contribution >= 0.6 is 0 Å². The zero-order valence-electron chi connectivity index (χ0n) is 14.2. The lowest BCUT2D eigenvalue weighted by Gasteiger charge is -2.30. The van der Waals surface area contributed by atoms with E-state index in [9.17, 15) is 9.59 Å². The first-order chi connectivity index (χ1) is 12.1. The lowest BCUT2D eigenvalue weighted by molar-refractivity contribution is -0.120. The molecule has 0 atom stereocenters. The standard InChI is InChI=1S/C19H21N3O3/c1-12-9-16(21-25-12)11-18(23)20-15-7-6-13-3-2-8-22(17(13)10-15)19(24)14-4-5-14/h6-7,9-10,14H,2-5,8,11H2,1H3,(H,20,23). The normalized spacial score (nSPS) is 16.4. The molecule has 1 saturated carbocycles. The molecule has 6 heteroatoms. The summed E-state index contributed by atoms with van der Waals surface area (Å²) in [5.41, 5.74) is 3.43. The number of nitrogens with zero attached hydrogens (tertiary/aromatic N) is 2. The van der Waals surface area contributed by atoms with Crippen molar-refractivity contribution in [1.82, 2.24) is 5.16 Å². The predicted octanol–water partition coefficient (Wildman–Crippen LogP) is 2.85. The van der Waals surface area contributed by atoms with Crippen LogP contribution in [-0.2, 0) is 22.4 Å². The molecule has 6 nitrogen and oxygen atoms in total. The van der Waals surface area contributed by atoms with E-state index in [2.05, 4.69) is 10.5 Å². The number of rotatable bonds is 4. The highest BCUT2D eigenvalue weighted by molar-refractivity contribution is 5.99. The molecule has 0 saturated heterocycles. The van der Waals surface area contributed by atoms with Gasteiger partial charge in [-0.15, -0.1) is 0 Å². The van der Waals surface area contributed by atoms with Crippen LogP contribution in [0.15, 0.2) is 28.8 Å². The van der Waals surface area contributed by atoms with Crippen molar-refractivity contribution in [2.45, 2.75) is 39.0 Å². The van der Waals surface area contributed by atoms with E-state index in [1.54, 1.807) is 13.0 Å². The Bertz CT molecular complexity index is 823. The molecule has 1 fully saturated rings. The molecule has 4 rings (SSSR count). The summed E-state index contributed by atoms with van der Waals surface area (Å²) >= 11 is 0. The molecule has 1 aromatic heterocycles. The molecule has 2 heterocycles. The van der Waals surface area contributed by atoms with Crippen LogP contribution in [0.3, 0.4) is 0 Å². The van der Waals surface area contributed by atoms with Gasteiger partial charge in [0.05, 0.1) is 12.1 Å². The molecule has 0 bridgehead atoms. The fraction of sp³-hybridized carbons (Fsp3) is 0.421. The molecule has 2 amide bonds. The third-order valence-electron chi connectivity index (χ3n) is 4.70. The fourth-order valence-corrected chi connectivity index (χ4v) is 3.30. The summed E-state index contributed by atoms with van der Waals surface area (Å²) in [5, 5.41) is 6.74. The van der Waals surface area contributed by atoms with Gasteiger partial charge in [-0.2, -0.15) is 0 Å². The van der Waals surface area contributed by atoms with E-state index in [0.717, 1.165) is 37.9 Å². The van der Waals surface area contributed by atoms with Crippen molar-refractivity contribution < 1.29 is 14.1 Å². The Kier molecular flexibility index (Phi) is 4.03. The number of carbonyl (C=O) groups is 2. The van der Waals surface area contributed by atoms with Gasteiger partial charge in [-0.1, -0.05) is 11.2 Å². The molecule has 0 unspecified atom stereocenters. The van der Waals surface area contributed by atoms with Gasteiger partial charge in [0, 0.05) is 29.9 Å². The van der Waals surface area contributed by atoms with E-state index in [4.69, 9.17) is 4.52 Å². The Morgan fingerprint density at radius 3 is 2.88 bits per heavy atom. The molecule has 25 heavy (non-hydrogen) atoms. The fourth-order valence-electron chi connectivity index (χ4n) is 3.30. The molecular weight excluding hydrogens is 318 g/mol. The molecule has 1 N–H and O–H groups in total. The van der Waals surface area contributed by atoms with Gasteiger partial charge in [-0.05, 0) is 50.3 Å². The predicted molar refractivity (Wildman–Crippen MR) is 93.4 cm³/mol. The van der Waals surface area contributed by atoms with Crippen molar-refractivity contribution in [1.29, 1.82) is 0 Å². The van der Waals surface area contributed by atoms with Crippen LogP contribution in [-0.4, -0.2) is 23.5 Å². The van der Waals surface area contributed by atoms with Gasteiger partial charge < -0.3 is 14.7 Å². The maximum absolute atomic E-state index is 12.5. The van der Waals surface area contributed by atoms with Crippen molar-refractivity contribution >= 4 is 23.2 Å².